The molecule has 2 unspecified atom stereocenters. The van der Waals surface area contributed by atoms with Crippen LogP contribution in [0, 0.1) is 11.7 Å². The first kappa shape index (κ1) is 17.8. The highest BCUT2D eigenvalue weighted by Gasteiger charge is 2.42. The average Bonchev–Trinajstić information content (AvgIpc) is 2.34. The quantitative estimate of drug-likeness (QED) is 0.851. The maximum atomic E-state index is 13.5. The summed E-state index contributed by atoms with van der Waals surface area (Å²) in [6, 6.07) is 0.409. The number of anilines is 1. The Morgan fingerprint density at radius 2 is 2.04 bits per heavy atom. The minimum absolute atomic E-state index is 0.0616. The second kappa shape index (κ2) is 6.18. The molecule has 2 atom stereocenters. The molecule has 0 amide bonds. The Labute approximate surface area is 129 Å². The molecule has 0 bridgehead atoms. The van der Waals surface area contributed by atoms with Gasteiger partial charge in [-0.3, -0.25) is 4.90 Å². The molecular formula is C14H17F6N3. The normalized spacial score (nSPS) is 25.4. The first-order valence-corrected chi connectivity index (χ1v) is 7.04. The van der Waals surface area contributed by atoms with Crippen molar-refractivity contribution < 1.29 is 26.3 Å². The van der Waals surface area contributed by atoms with Crippen LogP contribution >= 0.6 is 0 Å². The SMILES string of the molecule is CC1CC(F)(F)CN(C)C1CNc1cc(F)c(C(F)(F)F)cn1. The lowest BCUT2D eigenvalue weighted by atomic mass is 9.89. The molecule has 23 heavy (non-hydrogen) atoms. The van der Waals surface area contributed by atoms with E-state index in [1.165, 1.54) is 4.90 Å². The number of aromatic nitrogens is 1. The molecular weight excluding hydrogens is 324 g/mol. The number of likely N-dealkylation sites (N-methyl/N-ethyl adjacent to an activating group) is 1. The molecule has 0 aliphatic carbocycles. The van der Waals surface area contributed by atoms with E-state index in [1.54, 1.807) is 14.0 Å². The summed E-state index contributed by atoms with van der Waals surface area (Å²) in [6.07, 6.45) is -4.66. The topological polar surface area (TPSA) is 28.2 Å². The van der Waals surface area contributed by atoms with Gasteiger partial charge in [-0.05, 0) is 13.0 Å². The molecule has 0 aromatic carbocycles. The number of likely N-dealkylation sites (tertiary alicyclic amines) is 1. The van der Waals surface area contributed by atoms with Crippen LogP contribution in [-0.4, -0.2) is 42.0 Å². The second-order valence-electron chi connectivity index (χ2n) is 5.95. The van der Waals surface area contributed by atoms with Gasteiger partial charge in [-0.15, -0.1) is 0 Å². The largest absolute Gasteiger partial charge is 0.420 e. The Morgan fingerprint density at radius 1 is 1.39 bits per heavy atom. The molecule has 0 saturated carbocycles. The Bertz CT molecular complexity index is 546. The van der Waals surface area contributed by atoms with Crippen LogP contribution in [0.4, 0.5) is 32.2 Å². The van der Waals surface area contributed by atoms with Crippen LogP contribution in [0.3, 0.4) is 0 Å². The van der Waals surface area contributed by atoms with E-state index >= 15 is 0 Å². The van der Waals surface area contributed by atoms with Crippen molar-refractivity contribution in [3.05, 3.63) is 23.6 Å². The number of nitrogens with zero attached hydrogens (tertiary/aromatic N) is 2. The van der Waals surface area contributed by atoms with Crippen LogP contribution in [0.15, 0.2) is 12.3 Å². The molecule has 1 aliphatic heterocycles. The van der Waals surface area contributed by atoms with Gasteiger partial charge in [0, 0.05) is 31.3 Å². The van der Waals surface area contributed by atoms with E-state index in [0.29, 0.717) is 12.3 Å². The lowest BCUT2D eigenvalue weighted by Gasteiger charge is -2.41. The standard InChI is InChI=1S/C14H17F6N3/c1-8-4-13(16,17)7-23(2)11(8)6-22-12-3-10(15)9(5-21-12)14(18,19)20/h3,5,8,11H,4,6-7H2,1-2H3,(H,21,22). The molecule has 0 spiro atoms. The molecule has 1 aromatic heterocycles. The summed E-state index contributed by atoms with van der Waals surface area (Å²) in [5, 5.41) is 2.72. The van der Waals surface area contributed by atoms with E-state index in [0.717, 1.165) is 0 Å². The second-order valence-corrected chi connectivity index (χ2v) is 5.95. The highest BCUT2D eigenvalue weighted by atomic mass is 19.4. The number of pyridine rings is 1. The van der Waals surface area contributed by atoms with E-state index in [9.17, 15) is 26.3 Å². The molecule has 1 fully saturated rings. The zero-order valence-electron chi connectivity index (χ0n) is 12.6. The van der Waals surface area contributed by atoms with Gasteiger partial charge >= 0.3 is 6.18 Å². The Morgan fingerprint density at radius 3 is 2.57 bits per heavy atom. The van der Waals surface area contributed by atoms with Crippen molar-refractivity contribution in [2.45, 2.75) is 31.5 Å². The van der Waals surface area contributed by atoms with Gasteiger partial charge < -0.3 is 5.32 Å². The third-order valence-corrected chi connectivity index (χ3v) is 3.98. The van der Waals surface area contributed by atoms with E-state index in [2.05, 4.69) is 10.3 Å². The first-order chi connectivity index (χ1) is 10.5. The van der Waals surface area contributed by atoms with Crippen molar-refractivity contribution in [1.29, 1.82) is 0 Å². The molecule has 1 saturated heterocycles. The van der Waals surface area contributed by atoms with Crippen molar-refractivity contribution in [2.75, 3.05) is 25.5 Å². The van der Waals surface area contributed by atoms with Crippen LogP contribution in [0.25, 0.3) is 0 Å². The van der Waals surface area contributed by atoms with Crippen molar-refractivity contribution in [3.63, 3.8) is 0 Å². The Balaban J connectivity index is 2.02. The average molecular weight is 341 g/mol. The maximum absolute atomic E-state index is 13.5. The highest BCUT2D eigenvalue weighted by molar-refractivity contribution is 5.37. The molecule has 9 heteroatoms. The summed E-state index contributed by atoms with van der Waals surface area (Å²) >= 11 is 0. The highest BCUT2D eigenvalue weighted by Crippen LogP contribution is 2.34. The van der Waals surface area contributed by atoms with Crippen LogP contribution in [0.1, 0.15) is 18.9 Å². The molecule has 0 radical (unpaired) electrons. The summed E-state index contributed by atoms with van der Waals surface area (Å²) < 4.78 is 77.7. The zero-order chi connectivity index (χ0) is 17.4. The minimum Gasteiger partial charge on any atom is -0.368 e. The van der Waals surface area contributed by atoms with Gasteiger partial charge in [0.1, 0.15) is 17.2 Å². The summed E-state index contributed by atoms with van der Waals surface area (Å²) in [4.78, 5) is 5.02. The summed E-state index contributed by atoms with van der Waals surface area (Å²) in [6.45, 7) is 1.47. The van der Waals surface area contributed by atoms with Crippen LogP contribution < -0.4 is 5.32 Å². The minimum atomic E-state index is -4.81. The number of halogens is 6. The lowest BCUT2D eigenvalue weighted by molar-refractivity contribution is -0.140. The number of rotatable bonds is 3. The van der Waals surface area contributed by atoms with Crippen molar-refractivity contribution in [2.24, 2.45) is 5.92 Å². The summed E-state index contributed by atoms with van der Waals surface area (Å²) in [5.74, 6) is -4.57. The molecule has 3 nitrogen and oxygen atoms in total. The summed E-state index contributed by atoms with van der Waals surface area (Å²) in [5.41, 5.74) is -1.44. The van der Waals surface area contributed by atoms with Gasteiger partial charge in [0.05, 0.1) is 6.54 Å². The third kappa shape index (κ3) is 4.27. The van der Waals surface area contributed by atoms with E-state index in [4.69, 9.17) is 0 Å². The van der Waals surface area contributed by atoms with E-state index < -0.39 is 30.0 Å². The lowest BCUT2D eigenvalue weighted by Crippen LogP contribution is -2.53. The Kier molecular flexibility index (Phi) is 4.79. The number of nitrogens with one attached hydrogen (secondary N) is 1. The van der Waals surface area contributed by atoms with Gasteiger partial charge in [0.2, 0.25) is 0 Å². The molecule has 2 rings (SSSR count). The number of alkyl halides is 5. The number of hydrogen-bond donors (Lipinski definition) is 1. The van der Waals surface area contributed by atoms with Gasteiger partial charge in [-0.25, -0.2) is 18.2 Å². The molecule has 1 aromatic rings. The fourth-order valence-electron chi connectivity index (χ4n) is 2.89. The fraction of sp³-hybridized carbons (Fsp3) is 0.643. The first-order valence-electron chi connectivity index (χ1n) is 7.04. The monoisotopic (exact) mass is 341 g/mol. The Hall–Kier alpha value is -1.51. The predicted molar refractivity (Wildman–Crippen MR) is 72.8 cm³/mol. The maximum Gasteiger partial charge on any atom is 0.420 e. The van der Waals surface area contributed by atoms with Gasteiger partial charge in [0.25, 0.3) is 5.92 Å². The third-order valence-electron chi connectivity index (χ3n) is 3.98. The number of hydrogen-bond acceptors (Lipinski definition) is 3. The molecule has 2 heterocycles. The van der Waals surface area contributed by atoms with Crippen LogP contribution in [-0.2, 0) is 6.18 Å². The van der Waals surface area contributed by atoms with Gasteiger partial charge in [-0.2, -0.15) is 13.2 Å². The zero-order valence-corrected chi connectivity index (χ0v) is 12.6. The van der Waals surface area contributed by atoms with E-state index in [-0.39, 0.29) is 30.7 Å². The van der Waals surface area contributed by atoms with Crippen molar-refractivity contribution >= 4 is 5.82 Å². The van der Waals surface area contributed by atoms with Gasteiger partial charge in [-0.1, -0.05) is 6.92 Å². The molecule has 1 aliphatic rings. The van der Waals surface area contributed by atoms with Crippen LogP contribution in [0.5, 0.6) is 0 Å². The fourth-order valence-corrected chi connectivity index (χ4v) is 2.89. The van der Waals surface area contributed by atoms with Crippen LogP contribution in [0.2, 0.25) is 0 Å². The smallest absolute Gasteiger partial charge is 0.368 e. The van der Waals surface area contributed by atoms with Crippen molar-refractivity contribution in [3.8, 4) is 0 Å². The van der Waals surface area contributed by atoms with Gasteiger partial charge in [0.15, 0.2) is 0 Å². The molecule has 130 valence electrons. The molecule has 1 N–H and O–H groups in total. The van der Waals surface area contributed by atoms with Crippen molar-refractivity contribution in [1.82, 2.24) is 9.88 Å². The number of piperidine rings is 1. The summed E-state index contributed by atoms with van der Waals surface area (Å²) in [7, 11) is 1.55. The van der Waals surface area contributed by atoms with E-state index in [1.807, 2.05) is 0 Å². The predicted octanol–water partition coefficient (Wildman–Crippen LogP) is 3.63.